The first-order valence-electron chi connectivity index (χ1n) is 11.9. The maximum absolute atomic E-state index is 11.0. The molecule has 3 aromatic rings. The third kappa shape index (κ3) is 5.92. The zero-order valence-electron chi connectivity index (χ0n) is 19.6. The number of anilines is 1. The first-order chi connectivity index (χ1) is 16.0. The average Bonchev–Trinajstić information content (AvgIpc) is 2.83. The van der Waals surface area contributed by atoms with E-state index < -0.39 is 5.97 Å². The first-order valence-corrected chi connectivity index (χ1v) is 11.9. The molecule has 3 aromatic carbocycles. The minimum absolute atomic E-state index is 0.163. The van der Waals surface area contributed by atoms with Crippen LogP contribution in [-0.2, 0) is 16.0 Å². The standard InChI is InChI=1S/C28H34N2O3/c1-20-10-12-24(18-23(20)11-13-28(31)32)30-16-17-33-25(19-30)14-15-29-21(2)26-9-5-7-22-6-3-4-8-27(22)26/h3-10,12,18,21,25,29H,11,13-17,19H2,1-2H3,(H,31,32)/t21-,25?/m1/s1. The Morgan fingerprint density at radius 2 is 2.00 bits per heavy atom. The summed E-state index contributed by atoms with van der Waals surface area (Å²) in [6.07, 6.45) is 1.85. The highest BCUT2D eigenvalue weighted by Crippen LogP contribution is 2.25. The topological polar surface area (TPSA) is 61.8 Å². The Bertz CT molecular complexity index is 1090. The molecule has 1 aliphatic heterocycles. The van der Waals surface area contributed by atoms with E-state index in [1.807, 2.05) is 6.92 Å². The van der Waals surface area contributed by atoms with E-state index in [9.17, 15) is 4.79 Å². The first kappa shape index (κ1) is 23.3. The van der Waals surface area contributed by atoms with Crippen molar-refractivity contribution >= 4 is 22.4 Å². The molecular formula is C28H34N2O3. The minimum Gasteiger partial charge on any atom is -0.481 e. The maximum Gasteiger partial charge on any atom is 0.303 e. The van der Waals surface area contributed by atoms with Gasteiger partial charge < -0.3 is 20.1 Å². The molecule has 4 rings (SSSR count). The van der Waals surface area contributed by atoms with Gasteiger partial charge >= 0.3 is 5.97 Å². The summed E-state index contributed by atoms with van der Waals surface area (Å²) in [7, 11) is 0. The van der Waals surface area contributed by atoms with Crippen molar-refractivity contribution in [3.63, 3.8) is 0 Å². The van der Waals surface area contributed by atoms with E-state index in [1.54, 1.807) is 0 Å². The summed E-state index contributed by atoms with van der Waals surface area (Å²) in [4.78, 5) is 13.4. The number of carbonyl (C=O) groups is 1. The van der Waals surface area contributed by atoms with Gasteiger partial charge in [-0.2, -0.15) is 0 Å². The van der Waals surface area contributed by atoms with Crippen LogP contribution in [0, 0.1) is 6.92 Å². The highest BCUT2D eigenvalue weighted by molar-refractivity contribution is 5.86. The van der Waals surface area contributed by atoms with Crippen LogP contribution in [0.25, 0.3) is 10.8 Å². The Labute approximate surface area is 196 Å². The van der Waals surface area contributed by atoms with Gasteiger partial charge in [-0.25, -0.2) is 0 Å². The third-order valence-electron chi connectivity index (χ3n) is 6.65. The lowest BCUT2D eigenvalue weighted by Gasteiger charge is -2.35. The number of ether oxygens (including phenoxy) is 1. The van der Waals surface area contributed by atoms with Crippen LogP contribution in [0.5, 0.6) is 0 Å². The van der Waals surface area contributed by atoms with Crippen LogP contribution in [0.1, 0.15) is 42.5 Å². The summed E-state index contributed by atoms with van der Waals surface area (Å²) in [6.45, 7) is 7.58. The van der Waals surface area contributed by atoms with Crippen molar-refractivity contribution in [2.24, 2.45) is 0 Å². The van der Waals surface area contributed by atoms with Gasteiger partial charge in [0.25, 0.3) is 0 Å². The second-order valence-corrected chi connectivity index (χ2v) is 8.98. The van der Waals surface area contributed by atoms with Gasteiger partial charge in [0.2, 0.25) is 0 Å². The fourth-order valence-electron chi connectivity index (χ4n) is 4.69. The van der Waals surface area contributed by atoms with Crippen LogP contribution in [-0.4, -0.2) is 43.4 Å². The Balaban J connectivity index is 1.33. The number of rotatable bonds is 9. The van der Waals surface area contributed by atoms with Gasteiger partial charge in [0.05, 0.1) is 12.7 Å². The number of hydrogen-bond donors (Lipinski definition) is 2. The van der Waals surface area contributed by atoms with E-state index in [0.29, 0.717) is 13.0 Å². The van der Waals surface area contributed by atoms with Gasteiger partial charge in [0.1, 0.15) is 0 Å². The molecule has 1 fully saturated rings. The quantitative estimate of drug-likeness (QED) is 0.478. The van der Waals surface area contributed by atoms with Crippen molar-refractivity contribution in [1.29, 1.82) is 0 Å². The number of aliphatic carboxylic acids is 1. The van der Waals surface area contributed by atoms with Crippen molar-refractivity contribution in [1.82, 2.24) is 5.32 Å². The number of hydrogen-bond acceptors (Lipinski definition) is 4. The summed E-state index contributed by atoms with van der Waals surface area (Å²) < 4.78 is 6.06. The Morgan fingerprint density at radius 3 is 2.85 bits per heavy atom. The van der Waals surface area contributed by atoms with E-state index in [4.69, 9.17) is 9.84 Å². The number of carboxylic acids is 1. The lowest BCUT2D eigenvalue weighted by molar-refractivity contribution is -0.136. The zero-order valence-corrected chi connectivity index (χ0v) is 19.6. The number of benzene rings is 3. The molecule has 5 heteroatoms. The summed E-state index contributed by atoms with van der Waals surface area (Å²) in [6, 6.07) is 21.7. The number of fused-ring (bicyclic) bond motifs is 1. The molecule has 2 N–H and O–H groups in total. The number of nitrogens with zero attached hydrogens (tertiary/aromatic N) is 1. The molecule has 0 amide bonds. The maximum atomic E-state index is 11.0. The molecule has 174 valence electrons. The molecule has 0 spiro atoms. The Hall–Kier alpha value is -2.89. The van der Waals surface area contributed by atoms with E-state index in [2.05, 4.69) is 77.8 Å². The zero-order chi connectivity index (χ0) is 23.2. The second kappa shape index (κ2) is 10.8. The van der Waals surface area contributed by atoms with Gasteiger partial charge in [-0.05, 0) is 72.8 Å². The molecule has 1 unspecified atom stereocenters. The molecule has 1 heterocycles. The molecule has 1 aliphatic rings. The van der Waals surface area contributed by atoms with E-state index in [-0.39, 0.29) is 18.6 Å². The molecule has 0 aromatic heterocycles. The van der Waals surface area contributed by atoms with Crippen LogP contribution in [0.3, 0.4) is 0 Å². The van der Waals surface area contributed by atoms with Gasteiger partial charge in [0.15, 0.2) is 0 Å². The number of nitrogens with one attached hydrogen (secondary N) is 1. The average molecular weight is 447 g/mol. The SMILES string of the molecule is Cc1ccc(N2CCOC(CCN[C@H](C)c3cccc4ccccc34)C2)cc1CCC(=O)O. The van der Waals surface area contributed by atoms with Crippen molar-refractivity contribution in [2.75, 3.05) is 31.1 Å². The molecular weight excluding hydrogens is 412 g/mol. The molecule has 1 saturated heterocycles. The number of carboxylic acid groups (broad SMARTS) is 1. The fraction of sp³-hybridized carbons (Fsp3) is 0.393. The monoisotopic (exact) mass is 446 g/mol. The summed E-state index contributed by atoms with van der Waals surface area (Å²) in [5.74, 6) is -0.753. The van der Waals surface area contributed by atoms with E-state index in [0.717, 1.165) is 42.9 Å². The largest absolute Gasteiger partial charge is 0.481 e. The molecule has 0 saturated carbocycles. The highest BCUT2D eigenvalue weighted by atomic mass is 16.5. The van der Waals surface area contributed by atoms with Gasteiger partial charge in [-0.15, -0.1) is 0 Å². The van der Waals surface area contributed by atoms with Gasteiger partial charge in [-0.3, -0.25) is 4.79 Å². The lowest BCUT2D eigenvalue weighted by atomic mass is 9.99. The van der Waals surface area contributed by atoms with E-state index in [1.165, 1.54) is 16.3 Å². The summed E-state index contributed by atoms with van der Waals surface area (Å²) >= 11 is 0. The summed E-state index contributed by atoms with van der Waals surface area (Å²) in [5, 5.41) is 15.3. The predicted octanol–water partition coefficient (Wildman–Crippen LogP) is 5.11. The molecule has 0 aliphatic carbocycles. The minimum atomic E-state index is -0.753. The van der Waals surface area contributed by atoms with Gasteiger partial charge in [0, 0.05) is 31.2 Å². The normalized spacial score (nSPS) is 17.3. The van der Waals surface area contributed by atoms with Crippen LogP contribution in [0.2, 0.25) is 0 Å². The van der Waals surface area contributed by atoms with Crippen molar-refractivity contribution in [3.05, 3.63) is 77.4 Å². The molecule has 5 nitrogen and oxygen atoms in total. The smallest absolute Gasteiger partial charge is 0.303 e. The Morgan fingerprint density at radius 1 is 1.18 bits per heavy atom. The molecule has 0 bridgehead atoms. The fourth-order valence-corrected chi connectivity index (χ4v) is 4.69. The highest BCUT2D eigenvalue weighted by Gasteiger charge is 2.21. The van der Waals surface area contributed by atoms with Crippen LogP contribution in [0.4, 0.5) is 5.69 Å². The second-order valence-electron chi connectivity index (χ2n) is 8.98. The van der Waals surface area contributed by atoms with Crippen molar-refractivity contribution < 1.29 is 14.6 Å². The predicted molar refractivity (Wildman–Crippen MR) is 134 cm³/mol. The number of morpholine rings is 1. The molecule has 2 atom stereocenters. The van der Waals surface area contributed by atoms with Crippen molar-refractivity contribution in [3.8, 4) is 0 Å². The van der Waals surface area contributed by atoms with E-state index >= 15 is 0 Å². The van der Waals surface area contributed by atoms with Crippen LogP contribution < -0.4 is 10.2 Å². The lowest BCUT2D eigenvalue weighted by Crippen LogP contribution is -2.43. The third-order valence-corrected chi connectivity index (χ3v) is 6.65. The number of aryl methyl sites for hydroxylation is 2. The summed E-state index contributed by atoms with van der Waals surface area (Å²) in [5.41, 5.74) is 4.75. The van der Waals surface area contributed by atoms with Gasteiger partial charge in [-0.1, -0.05) is 48.5 Å². The van der Waals surface area contributed by atoms with Crippen molar-refractivity contribution in [2.45, 2.75) is 45.3 Å². The Kier molecular flexibility index (Phi) is 7.63. The molecule has 0 radical (unpaired) electrons. The van der Waals surface area contributed by atoms with Crippen LogP contribution in [0.15, 0.2) is 60.7 Å². The molecule has 33 heavy (non-hydrogen) atoms. The van der Waals surface area contributed by atoms with Crippen LogP contribution >= 0.6 is 0 Å².